The summed E-state index contributed by atoms with van der Waals surface area (Å²) in [6.07, 6.45) is -1.36. The monoisotopic (exact) mass is 583 g/mol. The van der Waals surface area contributed by atoms with Crippen LogP contribution in [0.1, 0.15) is 41.7 Å². The second-order valence-corrected chi connectivity index (χ2v) is 12.8. The Balaban J connectivity index is 1.48. The van der Waals surface area contributed by atoms with E-state index in [0.717, 1.165) is 33.4 Å². The van der Waals surface area contributed by atoms with Crippen LogP contribution in [-0.2, 0) is 36.4 Å². The highest BCUT2D eigenvalue weighted by Gasteiger charge is 2.42. The standard InChI is InChI=1S/C34H34NO6P/c1-2-39-32(36)21-22-42(38,41-33-29-19-11-9-17-27(29)28-18-10-12-20-30(28)33)31(23-25-13-5-3-6-14-25)35-34(37)40-24-26-15-7-4-8-16-26/h3-20,31,33H,2,21-24H2,1H3,(H,35,37). The number of nitrogens with one attached hydrogen (secondary N) is 1. The molecule has 0 saturated carbocycles. The summed E-state index contributed by atoms with van der Waals surface area (Å²) in [5.74, 6) is -1.43. The molecule has 4 aromatic rings. The topological polar surface area (TPSA) is 90.9 Å². The van der Waals surface area contributed by atoms with Crippen LogP contribution in [0.15, 0.2) is 109 Å². The van der Waals surface area contributed by atoms with E-state index in [-0.39, 0.29) is 32.2 Å². The van der Waals surface area contributed by atoms with E-state index in [1.54, 1.807) is 6.92 Å². The summed E-state index contributed by atoms with van der Waals surface area (Å²) < 4.78 is 32.4. The van der Waals surface area contributed by atoms with E-state index in [1.165, 1.54) is 0 Å². The van der Waals surface area contributed by atoms with E-state index in [2.05, 4.69) is 5.32 Å². The molecule has 42 heavy (non-hydrogen) atoms. The minimum atomic E-state index is -3.80. The van der Waals surface area contributed by atoms with Crippen molar-refractivity contribution >= 4 is 19.4 Å². The van der Waals surface area contributed by atoms with Crippen LogP contribution in [0, 0.1) is 0 Å². The number of benzene rings is 4. The number of hydrogen-bond donors (Lipinski definition) is 1. The second kappa shape index (κ2) is 13.6. The Bertz CT molecular complexity index is 1510. The Hall–Kier alpha value is -4.19. The highest BCUT2D eigenvalue weighted by Crippen LogP contribution is 2.59. The smallest absolute Gasteiger partial charge is 0.408 e. The first-order chi connectivity index (χ1) is 20.5. The molecule has 216 valence electrons. The molecule has 0 fully saturated rings. The average molecular weight is 584 g/mol. The van der Waals surface area contributed by atoms with Gasteiger partial charge in [-0.1, -0.05) is 109 Å². The summed E-state index contributed by atoms with van der Waals surface area (Å²) in [7, 11) is -3.80. The van der Waals surface area contributed by atoms with E-state index in [0.29, 0.717) is 0 Å². The fourth-order valence-electron chi connectivity index (χ4n) is 5.19. The fraction of sp³-hybridized carbons (Fsp3) is 0.235. The van der Waals surface area contributed by atoms with Gasteiger partial charge in [0.05, 0.1) is 13.0 Å². The first kappa shape index (κ1) is 29.3. The van der Waals surface area contributed by atoms with Gasteiger partial charge in [0, 0.05) is 12.6 Å². The van der Waals surface area contributed by atoms with Gasteiger partial charge in [-0.2, -0.15) is 0 Å². The minimum Gasteiger partial charge on any atom is -0.466 e. The van der Waals surface area contributed by atoms with Crippen LogP contribution in [0.2, 0.25) is 0 Å². The Morgan fingerprint density at radius 2 is 1.31 bits per heavy atom. The molecule has 1 N–H and O–H groups in total. The number of rotatable bonds is 12. The molecule has 1 amide bonds. The summed E-state index contributed by atoms with van der Waals surface area (Å²) in [5, 5.41) is 2.85. The molecule has 0 saturated heterocycles. The molecule has 5 rings (SSSR count). The lowest BCUT2D eigenvalue weighted by molar-refractivity contribution is -0.142. The highest BCUT2D eigenvalue weighted by atomic mass is 31.2. The molecule has 2 atom stereocenters. The number of fused-ring (bicyclic) bond motifs is 3. The lowest BCUT2D eigenvalue weighted by Crippen LogP contribution is -2.38. The van der Waals surface area contributed by atoms with Crippen LogP contribution < -0.4 is 5.32 Å². The molecule has 4 aromatic carbocycles. The van der Waals surface area contributed by atoms with Crippen molar-refractivity contribution in [3.05, 3.63) is 131 Å². The molecule has 0 aromatic heterocycles. The minimum absolute atomic E-state index is 0.0576. The van der Waals surface area contributed by atoms with Crippen LogP contribution in [0.25, 0.3) is 11.1 Å². The van der Waals surface area contributed by atoms with Crippen molar-refractivity contribution in [2.75, 3.05) is 12.8 Å². The predicted octanol–water partition coefficient (Wildman–Crippen LogP) is 7.50. The quantitative estimate of drug-likeness (QED) is 0.137. The van der Waals surface area contributed by atoms with Crippen LogP contribution in [-0.4, -0.2) is 30.6 Å². The summed E-state index contributed by atoms with van der Waals surface area (Å²) in [6.45, 7) is 2.00. The maximum atomic E-state index is 15.1. The van der Waals surface area contributed by atoms with Gasteiger partial charge in [-0.15, -0.1) is 0 Å². The lowest BCUT2D eigenvalue weighted by atomic mass is 10.1. The molecule has 0 spiro atoms. The van der Waals surface area contributed by atoms with Gasteiger partial charge in [-0.3, -0.25) is 9.36 Å². The van der Waals surface area contributed by atoms with Crippen molar-refractivity contribution in [3.8, 4) is 11.1 Å². The number of hydrogen-bond acceptors (Lipinski definition) is 6. The maximum Gasteiger partial charge on any atom is 0.408 e. The highest BCUT2D eigenvalue weighted by molar-refractivity contribution is 7.59. The fourth-order valence-corrected chi connectivity index (χ4v) is 7.62. The van der Waals surface area contributed by atoms with Crippen molar-refractivity contribution in [2.24, 2.45) is 0 Å². The molecule has 7 nitrogen and oxygen atoms in total. The van der Waals surface area contributed by atoms with E-state index in [9.17, 15) is 9.59 Å². The Kier molecular flexibility index (Phi) is 9.52. The van der Waals surface area contributed by atoms with Crippen molar-refractivity contribution in [1.82, 2.24) is 5.32 Å². The third-order valence-corrected chi connectivity index (χ3v) is 9.91. The summed E-state index contributed by atoms with van der Waals surface area (Å²) in [4.78, 5) is 25.6. The van der Waals surface area contributed by atoms with E-state index < -0.39 is 31.3 Å². The second-order valence-electron chi connectivity index (χ2n) is 10.1. The number of alkyl carbamates (subject to hydrolysis) is 1. The molecule has 1 aliphatic rings. The van der Waals surface area contributed by atoms with Gasteiger partial charge >= 0.3 is 12.1 Å². The third kappa shape index (κ3) is 6.99. The lowest BCUT2D eigenvalue weighted by Gasteiger charge is -2.31. The molecular formula is C34H34NO6P. The van der Waals surface area contributed by atoms with E-state index in [4.69, 9.17) is 14.0 Å². The molecule has 2 unspecified atom stereocenters. The number of carbonyl (C=O) groups is 2. The SMILES string of the molecule is CCOC(=O)CCP(=O)(OC1c2ccccc2-c2ccccc21)C(Cc1ccccc1)NC(=O)OCc1ccccc1. The van der Waals surface area contributed by atoms with Crippen molar-refractivity contribution < 1.29 is 28.2 Å². The van der Waals surface area contributed by atoms with Gasteiger partial charge in [0.2, 0.25) is 7.37 Å². The third-order valence-electron chi connectivity index (χ3n) is 7.24. The first-order valence-corrected chi connectivity index (χ1v) is 16.0. The molecule has 0 bridgehead atoms. The molecule has 8 heteroatoms. The van der Waals surface area contributed by atoms with Crippen LogP contribution in [0.4, 0.5) is 4.79 Å². The van der Waals surface area contributed by atoms with E-state index >= 15 is 4.57 Å². The van der Waals surface area contributed by atoms with Gasteiger partial charge < -0.3 is 19.3 Å². The zero-order valence-corrected chi connectivity index (χ0v) is 24.4. The number of carbonyl (C=O) groups excluding carboxylic acids is 2. The zero-order chi connectivity index (χ0) is 29.4. The zero-order valence-electron chi connectivity index (χ0n) is 23.5. The molecule has 0 radical (unpaired) electrons. The Morgan fingerprint density at radius 3 is 1.90 bits per heavy atom. The summed E-state index contributed by atoms with van der Waals surface area (Å²) >= 11 is 0. The molecule has 0 aliphatic heterocycles. The van der Waals surface area contributed by atoms with E-state index in [1.807, 2.05) is 109 Å². The predicted molar refractivity (Wildman–Crippen MR) is 162 cm³/mol. The number of ether oxygens (including phenoxy) is 2. The van der Waals surface area contributed by atoms with Crippen molar-refractivity contribution in [3.63, 3.8) is 0 Å². The molecular weight excluding hydrogens is 549 g/mol. The molecule has 1 aliphatic carbocycles. The van der Waals surface area contributed by atoms with Gasteiger partial charge in [0.1, 0.15) is 18.5 Å². The largest absolute Gasteiger partial charge is 0.466 e. The maximum absolute atomic E-state index is 15.1. The average Bonchev–Trinajstić information content (AvgIpc) is 3.33. The Morgan fingerprint density at radius 1 is 0.762 bits per heavy atom. The summed E-state index contributed by atoms with van der Waals surface area (Å²) in [6, 6.07) is 34.5. The van der Waals surface area contributed by atoms with Gasteiger partial charge in [-0.05, 0) is 40.3 Å². The number of amides is 1. The van der Waals surface area contributed by atoms with Crippen LogP contribution >= 0.6 is 7.37 Å². The van der Waals surface area contributed by atoms with Crippen molar-refractivity contribution in [2.45, 2.75) is 38.3 Å². The van der Waals surface area contributed by atoms with Gasteiger partial charge in [-0.25, -0.2) is 4.79 Å². The molecule has 0 heterocycles. The van der Waals surface area contributed by atoms with Crippen LogP contribution in [0.3, 0.4) is 0 Å². The van der Waals surface area contributed by atoms with Gasteiger partial charge in [0.15, 0.2) is 0 Å². The van der Waals surface area contributed by atoms with Crippen molar-refractivity contribution in [1.29, 1.82) is 0 Å². The van der Waals surface area contributed by atoms with Crippen LogP contribution in [0.5, 0.6) is 0 Å². The first-order valence-electron chi connectivity index (χ1n) is 14.1. The summed E-state index contributed by atoms with van der Waals surface area (Å²) in [5.41, 5.74) is 5.47. The normalized spacial score (nSPS) is 14.2. The van der Waals surface area contributed by atoms with Gasteiger partial charge in [0.25, 0.3) is 0 Å². The Labute approximate surface area is 246 Å². The number of esters is 1.